The van der Waals surface area contributed by atoms with Crippen LogP contribution in [0.25, 0.3) is 0 Å². The average molecular weight is 251 g/mol. The summed E-state index contributed by atoms with van der Waals surface area (Å²) in [6, 6.07) is 7.17. The van der Waals surface area contributed by atoms with Gasteiger partial charge in [0.25, 0.3) is 0 Å². The number of nitrogens with one attached hydrogen (secondary N) is 1. The van der Waals surface area contributed by atoms with Crippen molar-refractivity contribution in [2.75, 3.05) is 11.9 Å². The molecule has 1 aliphatic carbocycles. The predicted molar refractivity (Wildman–Crippen MR) is 68.0 cm³/mol. The highest BCUT2D eigenvalue weighted by atomic mass is 35.5. The summed E-state index contributed by atoms with van der Waals surface area (Å²) in [7, 11) is 0. The fraction of sp³-hybridized carbons (Fsp3) is 0.462. The topological polar surface area (TPSA) is 56.0 Å². The number of nitrogens with zero attached hydrogens (tertiary/aromatic N) is 1. The third kappa shape index (κ3) is 2.91. The maximum atomic E-state index is 10.2. The zero-order valence-electron chi connectivity index (χ0n) is 9.70. The Hall–Kier alpha value is -1.24. The Morgan fingerprint density at radius 2 is 2.29 bits per heavy atom. The molecular formula is C13H15ClN2O. The van der Waals surface area contributed by atoms with Crippen LogP contribution in [-0.2, 0) is 0 Å². The molecule has 0 aromatic heterocycles. The molecule has 0 radical (unpaired) electrons. The van der Waals surface area contributed by atoms with Crippen LogP contribution >= 0.6 is 11.6 Å². The van der Waals surface area contributed by atoms with Crippen molar-refractivity contribution in [3.05, 3.63) is 28.8 Å². The summed E-state index contributed by atoms with van der Waals surface area (Å²) in [5.41, 5.74) is 0.511. The van der Waals surface area contributed by atoms with Crippen LogP contribution in [0.5, 0.6) is 0 Å². The van der Waals surface area contributed by atoms with Crippen LogP contribution in [0, 0.1) is 17.2 Å². The van der Waals surface area contributed by atoms with E-state index in [1.54, 1.807) is 18.2 Å². The summed E-state index contributed by atoms with van der Waals surface area (Å²) in [6.07, 6.45) is 2.16. The summed E-state index contributed by atoms with van der Waals surface area (Å²) in [5.74, 6) is 0.375. The van der Waals surface area contributed by atoms with Crippen molar-refractivity contribution in [2.24, 2.45) is 5.92 Å². The van der Waals surface area contributed by atoms with Gasteiger partial charge in [-0.1, -0.05) is 11.6 Å². The van der Waals surface area contributed by atoms with Crippen molar-refractivity contribution in [1.82, 2.24) is 0 Å². The Kier molecular flexibility index (Phi) is 3.28. The van der Waals surface area contributed by atoms with Crippen LogP contribution in [0.15, 0.2) is 18.2 Å². The molecule has 0 bridgehead atoms. The Morgan fingerprint density at radius 1 is 1.59 bits per heavy atom. The molecule has 1 aromatic rings. The fourth-order valence-electron chi connectivity index (χ4n) is 1.88. The van der Waals surface area contributed by atoms with Crippen molar-refractivity contribution < 1.29 is 5.11 Å². The van der Waals surface area contributed by atoms with E-state index in [9.17, 15) is 5.11 Å². The minimum atomic E-state index is -0.713. The second-order valence-corrected chi connectivity index (χ2v) is 5.22. The molecule has 17 heavy (non-hydrogen) atoms. The molecule has 0 aliphatic heterocycles. The van der Waals surface area contributed by atoms with E-state index in [1.165, 1.54) is 0 Å². The SMILES string of the molecule is C[C@@](O)(CNc1cc(Cl)ccc1C#N)C1CC1. The minimum absolute atomic E-state index is 0.375. The summed E-state index contributed by atoms with van der Waals surface area (Å²) in [6.45, 7) is 2.26. The standard InChI is InChI=1S/C13H15ClN2O/c1-13(17,10-3-4-10)8-16-12-6-11(14)5-2-9(12)7-15/h2,5-6,10,16-17H,3-4,8H2,1H3/t13-/m1/s1. The number of benzene rings is 1. The van der Waals surface area contributed by atoms with Gasteiger partial charge >= 0.3 is 0 Å². The predicted octanol–water partition coefficient (Wildman–Crippen LogP) is 2.78. The van der Waals surface area contributed by atoms with E-state index in [1.807, 2.05) is 6.92 Å². The molecule has 1 aliphatic rings. The van der Waals surface area contributed by atoms with Crippen molar-refractivity contribution in [2.45, 2.75) is 25.4 Å². The van der Waals surface area contributed by atoms with E-state index in [0.29, 0.717) is 28.7 Å². The number of hydrogen-bond donors (Lipinski definition) is 2. The van der Waals surface area contributed by atoms with Gasteiger partial charge in [0.2, 0.25) is 0 Å². The highest BCUT2D eigenvalue weighted by Gasteiger charge is 2.39. The lowest BCUT2D eigenvalue weighted by Gasteiger charge is -2.24. The second kappa shape index (κ2) is 4.56. The van der Waals surface area contributed by atoms with Crippen LogP contribution in [0.2, 0.25) is 5.02 Å². The highest BCUT2D eigenvalue weighted by molar-refractivity contribution is 6.30. The molecule has 1 atom stereocenters. The quantitative estimate of drug-likeness (QED) is 0.864. The van der Waals surface area contributed by atoms with Crippen LogP contribution in [0.3, 0.4) is 0 Å². The summed E-state index contributed by atoms with van der Waals surface area (Å²) in [5, 5.41) is 22.8. The van der Waals surface area contributed by atoms with Gasteiger partial charge in [0.1, 0.15) is 6.07 Å². The zero-order chi connectivity index (χ0) is 12.5. The molecule has 90 valence electrons. The van der Waals surface area contributed by atoms with E-state index < -0.39 is 5.60 Å². The van der Waals surface area contributed by atoms with Crippen molar-refractivity contribution in [1.29, 1.82) is 5.26 Å². The third-order valence-corrected chi connectivity index (χ3v) is 3.43. The normalized spacial score (nSPS) is 18.2. The molecule has 0 amide bonds. The van der Waals surface area contributed by atoms with Crippen molar-refractivity contribution in [3.63, 3.8) is 0 Å². The van der Waals surface area contributed by atoms with E-state index in [0.717, 1.165) is 12.8 Å². The van der Waals surface area contributed by atoms with Gasteiger partial charge < -0.3 is 10.4 Å². The molecule has 1 fully saturated rings. The van der Waals surface area contributed by atoms with Crippen LogP contribution in [0.4, 0.5) is 5.69 Å². The highest BCUT2D eigenvalue weighted by Crippen LogP contribution is 2.39. The van der Waals surface area contributed by atoms with Gasteiger partial charge in [0, 0.05) is 11.6 Å². The lowest BCUT2D eigenvalue weighted by molar-refractivity contribution is 0.0503. The molecule has 0 spiro atoms. The molecular weight excluding hydrogens is 236 g/mol. The Balaban J connectivity index is 2.08. The lowest BCUT2D eigenvalue weighted by Crippen LogP contribution is -2.35. The summed E-state index contributed by atoms with van der Waals surface area (Å²) < 4.78 is 0. The molecule has 0 heterocycles. The largest absolute Gasteiger partial charge is 0.388 e. The molecule has 2 rings (SSSR count). The minimum Gasteiger partial charge on any atom is -0.388 e. The van der Waals surface area contributed by atoms with Gasteiger partial charge in [0.15, 0.2) is 0 Å². The Bertz CT molecular complexity index is 461. The average Bonchev–Trinajstić information content (AvgIpc) is 3.11. The lowest BCUT2D eigenvalue weighted by atomic mass is 10.0. The van der Waals surface area contributed by atoms with E-state index in [4.69, 9.17) is 16.9 Å². The number of rotatable bonds is 4. The first kappa shape index (κ1) is 12.2. The van der Waals surface area contributed by atoms with Gasteiger partial charge in [-0.15, -0.1) is 0 Å². The number of halogens is 1. The summed E-state index contributed by atoms with van der Waals surface area (Å²) >= 11 is 5.89. The number of hydrogen-bond acceptors (Lipinski definition) is 3. The first-order chi connectivity index (χ1) is 8.03. The molecule has 2 N–H and O–H groups in total. The van der Waals surface area contributed by atoms with Gasteiger partial charge in [-0.3, -0.25) is 0 Å². The monoisotopic (exact) mass is 250 g/mol. The molecule has 0 unspecified atom stereocenters. The zero-order valence-corrected chi connectivity index (χ0v) is 10.5. The third-order valence-electron chi connectivity index (χ3n) is 3.20. The van der Waals surface area contributed by atoms with Gasteiger partial charge in [-0.05, 0) is 43.9 Å². The molecule has 4 heteroatoms. The maximum absolute atomic E-state index is 10.2. The first-order valence-corrected chi connectivity index (χ1v) is 6.06. The van der Waals surface area contributed by atoms with E-state index >= 15 is 0 Å². The smallest absolute Gasteiger partial charge is 0.101 e. The van der Waals surface area contributed by atoms with Crippen LogP contribution in [-0.4, -0.2) is 17.3 Å². The maximum Gasteiger partial charge on any atom is 0.101 e. The molecule has 1 saturated carbocycles. The Morgan fingerprint density at radius 3 is 2.88 bits per heavy atom. The van der Waals surface area contributed by atoms with E-state index in [2.05, 4.69) is 11.4 Å². The number of anilines is 1. The van der Waals surface area contributed by atoms with E-state index in [-0.39, 0.29) is 0 Å². The number of nitriles is 1. The van der Waals surface area contributed by atoms with Crippen molar-refractivity contribution in [3.8, 4) is 6.07 Å². The molecule has 1 aromatic carbocycles. The summed E-state index contributed by atoms with van der Waals surface area (Å²) in [4.78, 5) is 0. The number of aliphatic hydroxyl groups is 1. The second-order valence-electron chi connectivity index (χ2n) is 4.79. The molecule has 3 nitrogen and oxygen atoms in total. The van der Waals surface area contributed by atoms with Gasteiger partial charge in [0.05, 0.1) is 16.9 Å². The van der Waals surface area contributed by atoms with Gasteiger partial charge in [-0.2, -0.15) is 5.26 Å². The van der Waals surface area contributed by atoms with Crippen molar-refractivity contribution >= 4 is 17.3 Å². The van der Waals surface area contributed by atoms with Crippen LogP contribution < -0.4 is 5.32 Å². The van der Waals surface area contributed by atoms with Crippen LogP contribution in [0.1, 0.15) is 25.3 Å². The molecule has 0 saturated heterocycles. The van der Waals surface area contributed by atoms with Gasteiger partial charge in [-0.25, -0.2) is 0 Å². The Labute approximate surface area is 106 Å². The fourth-order valence-corrected chi connectivity index (χ4v) is 2.06. The first-order valence-electron chi connectivity index (χ1n) is 5.69.